The quantitative estimate of drug-likeness (QED) is 0.115. The van der Waals surface area contributed by atoms with Crippen LogP contribution < -0.4 is 0 Å². The van der Waals surface area contributed by atoms with Crippen LogP contribution in [-0.4, -0.2) is 0 Å². The molecule has 1 fully saturated rings. The summed E-state index contributed by atoms with van der Waals surface area (Å²) in [5.74, 6) is -17.5. The highest BCUT2D eigenvalue weighted by atomic mass is 19.4. The molecule has 0 radical (unpaired) electrons. The van der Waals surface area contributed by atoms with Crippen molar-refractivity contribution in [1.82, 2.24) is 0 Å². The standard InChI is InChI=1S/C35HF11N8/c1-2-11-12(3-47)31(40)33(42)24(27(11)36)18(9-53)21-20(22(21)19(10-54)25-29(38)14(5-49)16(7-51)32(41)34(25)43)17(8-52)23-26(35(44,45)46)30(39)15(6-50)13(4-48)28(23)37/h1H/b20-17-,21-18+,22-19?. The van der Waals surface area contributed by atoms with Gasteiger partial charge in [0, 0.05) is 22.3 Å². The fraction of sp³-hybridized carbons (Fsp3) is 0.0286. The molecule has 0 bridgehead atoms. The smallest absolute Gasteiger partial charge is 0.205 e. The number of hydrogen-bond acceptors (Lipinski definition) is 8. The molecule has 258 valence electrons. The van der Waals surface area contributed by atoms with Crippen molar-refractivity contribution in [2.24, 2.45) is 0 Å². The Kier molecular flexibility index (Phi) is 9.75. The molecule has 3 aromatic rings. The van der Waals surface area contributed by atoms with Crippen LogP contribution in [0.1, 0.15) is 55.6 Å². The molecule has 8 nitrogen and oxygen atoms in total. The van der Waals surface area contributed by atoms with Gasteiger partial charge in [0.25, 0.3) is 0 Å². The number of terminal acetylenes is 1. The van der Waals surface area contributed by atoms with E-state index in [9.17, 15) is 58.8 Å². The normalized spacial score (nSPS) is 14.3. The summed E-state index contributed by atoms with van der Waals surface area (Å²) in [6.07, 6.45) is -0.993. The highest BCUT2D eigenvalue weighted by Gasteiger charge is 2.49. The second kappa shape index (κ2) is 13.7. The van der Waals surface area contributed by atoms with Gasteiger partial charge < -0.3 is 0 Å². The van der Waals surface area contributed by atoms with Crippen LogP contribution in [0.2, 0.25) is 0 Å². The summed E-state index contributed by atoms with van der Waals surface area (Å²) in [6, 6.07) is 7.69. The molecular formula is C35HF11N8. The summed E-state index contributed by atoms with van der Waals surface area (Å²) in [4.78, 5) is 0. The van der Waals surface area contributed by atoms with Crippen LogP contribution in [0.25, 0.3) is 16.7 Å². The first-order valence-corrected chi connectivity index (χ1v) is 13.4. The van der Waals surface area contributed by atoms with Gasteiger partial charge in [-0.2, -0.15) is 55.3 Å². The van der Waals surface area contributed by atoms with Crippen molar-refractivity contribution >= 4 is 16.7 Å². The maximum atomic E-state index is 15.9. The summed E-state index contributed by atoms with van der Waals surface area (Å²) < 4.78 is 166. The third-order valence-corrected chi connectivity index (χ3v) is 7.53. The van der Waals surface area contributed by atoms with Gasteiger partial charge in [-0.15, -0.1) is 6.42 Å². The first-order valence-electron chi connectivity index (χ1n) is 13.4. The molecule has 0 atom stereocenters. The molecule has 1 aliphatic carbocycles. The minimum Gasteiger partial charge on any atom is -0.205 e. The van der Waals surface area contributed by atoms with Crippen molar-refractivity contribution in [3.63, 3.8) is 0 Å². The lowest BCUT2D eigenvalue weighted by molar-refractivity contribution is -0.140. The van der Waals surface area contributed by atoms with E-state index in [1.807, 2.05) is 0 Å². The Balaban J connectivity index is 2.50. The largest absolute Gasteiger partial charge is 0.420 e. The van der Waals surface area contributed by atoms with Gasteiger partial charge in [0.15, 0.2) is 46.5 Å². The first kappa shape index (κ1) is 38.4. The van der Waals surface area contributed by atoms with Gasteiger partial charge in [0.2, 0.25) is 0 Å². The maximum Gasteiger partial charge on any atom is 0.420 e. The summed E-state index contributed by atoms with van der Waals surface area (Å²) in [5, 5.41) is 76.4. The molecule has 0 saturated heterocycles. The molecule has 0 heterocycles. The number of benzene rings is 3. The van der Waals surface area contributed by atoms with Crippen molar-refractivity contribution < 1.29 is 48.3 Å². The minimum atomic E-state index is -6.09. The van der Waals surface area contributed by atoms with Gasteiger partial charge in [-0.3, -0.25) is 0 Å². The van der Waals surface area contributed by atoms with E-state index in [2.05, 4.69) is 0 Å². The molecule has 0 amide bonds. The van der Waals surface area contributed by atoms with Crippen molar-refractivity contribution in [3.05, 3.63) is 119 Å². The van der Waals surface area contributed by atoms with Gasteiger partial charge in [-0.05, 0) is 0 Å². The molecule has 4 rings (SSSR count). The Labute approximate surface area is 293 Å². The van der Waals surface area contributed by atoms with Gasteiger partial charge in [0.05, 0.1) is 33.4 Å². The molecule has 19 heteroatoms. The summed E-state index contributed by atoms with van der Waals surface area (Å²) >= 11 is 0. The van der Waals surface area contributed by atoms with Gasteiger partial charge in [-0.25, -0.2) is 35.1 Å². The third kappa shape index (κ3) is 5.35. The number of rotatable bonds is 3. The number of halogens is 11. The molecule has 1 aliphatic rings. The fourth-order valence-electron chi connectivity index (χ4n) is 5.26. The van der Waals surface area contributed by atoms with Gasteiger partial charge in [-0.1, -0.05) is 5.92 Å². The highest BCUT2D eigenvalue weighted by Crippen LogP contribution is 2.58. The first-order chi connectivity index (χ1) is 25.4. The summed E-state index contributed by atoms with van der Waals surface area (Å²) in [7, 11) is 0. The maximum absolute atomic E-state index is 15.9. The average Bonchev–Trinajstić information content (AvgIpc) is 3.85. The van der Waals surface area contributed by atoms with E-state index in [-0.39, 0.29) is 0 Å². The Morgan fingerprint density at radius 1 is 0.389 bits per heavy atom. The van der Waals surface area contributed by atoms with Crippen LogP contribution >= 0.6 is 0 Å². The van der Waals surface area contributed by atoms with E-state index in [1.54, 1.807) is 0 Å². The SMILES string of the molecule is C#Cc1c(F)c(/C(C#N)=C2/C(=C(C#N)c3c(F)c(F)c(C#N)c(C#N)c3F)/C2=C(/C#N)c2c(F)c(C#N)c(C#N)c(F)c2C(F)(F)F)c(F)c(F)c1C#N. The Morgan fingerprint density at radius 2 is 0.667 bits per heavy atom. The second-order valence-corrected chi connectivity index (χ2v) is 10.0. The summed E-state index contributed by atoms with van der Waals surface area (Å²) in [5.41, 5.74) is -28.3. The van der Waals surface area contributed by atoms with Crippen LogP contribution in [0.3, 0.4) is 0 Å². The molecule has 0 unspecified atom stereocenters. The zero-order valence-corrected chi connectivity index (χ0v) is 25.3. The van der Waals surface area contributed by atoms with E-state index in [0.29, 0.717) is 0 Å². The number of nitrogens with zero attached hydrogens (tertiary/aromatic N) is 8. The van der Waals surface area contributed by atoms with Crippen molar-refractivity contribution in [2.75, 3.05) is 0 Å². The predicted octanol–water partition coefficient (Wildman–Crippen LogP) is 7.40. The van der Waals surface area contributed by atoms with Crippen LogP contribution in [0, 0.1) is 150 Å². The lowest BCUT2D eigenvalue weighted by Gasteiger charge is -2.16. The summed E-state index contributed by atoms with van der Waals surface area (Å²) in [6.45, 7) is 0. The Morgan fingerprint density at radius 3 is 0.981 bits per heavy atom. The predicted molar refractivity (Wildman–Crippen MR) is 153 cm³/mol. The van der Waals surface area contributed by atoms with Crippen molar-refractivity contribution in [3.8, 4) is 60.9 Å². The van der Waals surface area contributed by atoms with Gasteiger partial charge >= 0.3 is 6.18 Å². The topological polar surface area (TPSA) is 190 Å². The molecule has 1 saturated carbocycles. The van der Waals surface area contributed by atoms with Gasteiger partial charge in [0.1, 0.15) is 81.9 Å². The van der Waals surface area contributed by atoms with Crippen LogP contribution in [0.5, 0.6) is 0 Å². The monoisotopic (exact) mass is 742 g/mol. The molecule has 54 heavy (non-hydrogen) atoms. The lowest BCUT2D eigenvalue weighted by atomic mass is 9.91. The third-order valence-electron chi connectivity index (χ3n) is 7.53. The number of nitriles is 8. The zero-order chi connectivity index (χ0) is 40.7. The van der Waals surface area contributed by atoms with E-state index in [0.717, 1.165) is 48.6 Å². The lowest BCUT2D eigenvalue weighted by Crippen LogP contribution is -2.17. The fourth-order valence-corrected chi connectivity index (χ4v) is 5.26. The molecule has 0 aromatic heterocycles. The highest BCUT2D eigenvalue weighted by molar-refractivity contribution is 6.12. The molecular weight excluding hydrogens is 741 g/mol. The average molecular weight is 742 g/mol. The van der Waals surface area contributed by atoms with E-state index in [4.69, 9.17) is 11.7 Å². The van der Waals surface area contributed by atoms with E-state index in [1.165, 1.54) is 5.92 Å². The van der Waals surface area contributed by atoms with E-state index >= 15 is 26.3 Å². The van der Waals surface area contributed by atoms with Crippen molar-refractivity contribution in [1.29, 1.82) is 42.1 Å². The zero-order valence-electron chi connectivity index (χ0n) is 25.3. The number of hydrogen-bond donors (Lipinski definition) is 0. The van der Waals surface area contributed by atoms with E-state index < -0.39 is 142 Å². The Bertz CT molecular complexity index is 2700. The minimum absolute atomic E-state index is 0.821. The van der Waals surface area contributed by atoms with Crippen LogP contribution in [-0.2, 0) is 6.18 Å². The number of allylic oxidation sites excluding steroid dienone is 6. The van der Waals surface area contributed by atoms with Crippen molar-refractivity contribution in [2.45, 2.75) is 6.18 Å². The second-order valence-electron chi connectivity index (χ2n) is 10.0. The Hall–Kier alpha value is -8.41. The number of alkyl halides is 3. The molecule has 0 N–H and O–H groups in total. The molecule has 0 spiro atoms. The van der Waals surface area contributed by atoms with Crippen LogP contribution in [0.15, 0.2) is 16.7 Å². The van der Waals surface area contributed by atoms with Crippen LogP contribution in [0.4, 0.5) is 48.3 Å². The molecule has 3 aromatic carbocycles. The molecule has 0 aliphatic heterocycles.